The van der Waals surface area contributed by atoms with Crippen LogP contribution >= 0.6 is 0 Å². The van der Waals surface area contributed by atoms with Crippen molar-refractivity contribution in [3.63, 3.8) is 0 Å². The van der Waals surface area contributed by atoms with Crippen molar-refractivity contribution in [2.45, 2.75) is 43.0 Å². The molecule has 0 spiro atoms. The summed E-state index contributed by atoms with van der Waals surface area (Å²) >= 11 is 0. The molecule has 0 aromatic heterocycles. The van der Waals surface area contributed by atoms with Gasteiger partial charge in [-0.05, 0) is 65.8 Å². The number of guanidine groups is 1. The number of amides is 2. The van der Waals surface area contributed by atoms with E-state index in [1.807, 2.05) is 24.3 Å². The smallest absolute Gasteiger partial charge is 0.303 e. The van der Waals surface area contributed by atoms with Gasteiger partial charge >= 0.3 is 5.97 Å². The van der Waals surface area contributed by atoms with Crippen LogP contribution in [-0.2, 0) is 30.8 Å². The van der Waals surface area contributed by atoms with Crippen LogP contribution in [0.2, 0.25) is 0 Å². The molecule has 1 aliphatic heterocycles. The lowest BCUT2D eigenvalue weighted by Gasteiger charge is -2.33. The quantitative estimate of drug-likeness (QED) is 0.133. The molecule has 0 bridgehead atoms. The molecular weight excluding hydrogens is 572 g/mol. The monoisotopic (exact) mass is 608 g/mol. The number of hydrogen-bond acceptors (Lipinski definition) is 6. The number of likely N-dealkylation sites (tertiary alicyclic amines) is 1. The molecule has 3 aromatic carbocycles. The number of nitrogens with zero attached hydrogens (tertiary/aromatic N) is 1. The fourth-order valence-electron chi connectivity index (χ4n) is 5.00. The number of nitrogens with one attached hydrogen (secondary N) is 4. The molecule has 12 nitrogen and oxygen atoms in total. The standard InChI is InChI=1S/C30H36N6O6S/c31-30(32)36-15-3-4-21(19-36)18-33-29(40)26(16-20-7-10-24(11-8-20)34-27(37)13-14-28(38)39)35-43(41,42)25-12-9-22-5-1-2-6-23(22)17-25/h1-2,5-12,17,21,26,35H,3-4,13-16,18-19H2,(H3,31,32)(H,33,40)(H,34,37)(H,38,39)/t21?,26-/m1/s1. The number of piperidine rings is 1. The molecule has 0 saturated carbocycles. The number of carbonyl (C=O) groups excluding carboxylic acids is 2. The average Bonchev–Trinajstić information content (AvgIpc) is 2.99. The van der Waals surface area contributed by atoms with Crippen molar-refractivity contribution in [1.82, 2.24) is 14.9 Å². The summed E-state index contributed by atoms with van der Waals surface area (Å²) in [7, 11) is -4.09. The van der Waals surface area contributed by atoms with Crippen molar-refractivity contribution in [3.05, 3.63) is 72.3 Å². The third kappa shape index (κ3) is 9.00. The van der Waals surface area contributed by atoms with Crippen molar-refractivity contribution in [2.24, 2.45) is 11.7 Å². The Morgan fingerprint density at radius 1 is 1.02 bits per heavy atom. The maximum atomic E-state index is 13.5. The normalized spacial score (nSPS) is 15.9. The number of carbonyl (C=O) groups is 3. The minimum atomic E-state index is -4.09. The summed E-state index contributed by atoms with van der Waals surface area (Å²) < 4.78 is 29.5. The molecule has 3 aromatic rings. The fraction of sp³-hybridized carbons (Fsp3) is 0.333. The molecule has 2 atom stereocenters. The summed E-state index contributed by atoms with van der Waals surface area (Å²) in [5.74, 6) is -1.96. The Hall–Kier alpha value is -4.49. The van der Waals surface area contributed by atoms with Gasteiger partial charge in [0.25, 0.3) is 0 Å². The van der Waals surface area contributed by atoms with Crippen LogP contribution in [0.25, 0.3) is 10.8 Å². The van der Waals surface area contributed by atoms with E-state index in [-0.39, 0.29) is 36.0 Å². The van der Waals surface area contributed by atoms with Gasteiger partial charge < -0.3 is 26.4 Å². The number of aliphatic carboxylic acids is 1. The van der Waals surface area contributed by atoms with Gasteiger partial charge in [-0.15, -0.1) is 0 Å². The molecule has 2 amide bonds. The van der Waals surface area contributed by atoms with Crippen molar-refractivity contribution < 1.29 is 27.9 Å². The Balaban J connectivity index is 1.49. The zero-order valence-corrected chi connectivity index (χ0v) is 24.4. The maximum absolute atomic E-state index is 13.5. The Labute approximate surface area is 250 Å². The predicted octanol–water partition coefficient (Wildman–Crippen LogP) is 2.25. The molecule has 13 heteroatoms. The van der Waals surface area contributed by atoms with Crippen LogP contribution < -0.4 is 21.1 Å². The van der Waals surface area contributed by atoms with Gasteiger partial charge in [-0.3, -0.25) is 19.8 Å². The Kier molecular flexibility index (Phi) is 10.3. The van der Waals surface area contributed by atoms with E-state index in [0.29, 0.717) is 30.9 Å². The van der Waals surface area contributed by atoms with Crippen LogP contribution in [-0.4, -0.2) is 67.8 Å². The van der Waals surface area contributed by atoms with Gasteiger partial charge in [0.15, 0.2) is 5.96 Å². The zero-order valence-electron chi connectivity index (χ0n) is 23.6. The first-order valence-electron chi connectivity index (χ1n) is 14.0. The van der Waals surface area contributed by atoms with Crippen LogP contribution in [0.5, 0.6) is 0 Å². The Morgan fingerprint density at radius 3 is 2.44 bits per heavy atom. The third-order valence-corrected chi connectivity index (χ3v) is 8.78. The highest BCUT2D eigenvalue weighted by Gasteiger charge is 2.28. The molecule has 43 heavy (non-hydrogen) atoms. The lowest BCUT2D eigenvalue weighted by molar-refractivity contribution is -0.138. The van der Waals surface area contributed by atoms with E-state index in [1.165, 1.54) is 6.07 Å². The summed E-state index contributed by atoms with van der Waals surface area (Å²) in [6.45, 7) is 1.52. The number of anilines is 1. The first-order valence-corrected chi connectivity index (χ1v) is 15.5. The molecule has 4 rings (SSSR count). The molecule has 0 radical (unpaired) electrons. The van der Waals surface area contributed by atoms with E-state index in [1.54, 1.807) is 41.3 Å². The average molecular weight is 609 g/mol. The largest absolute Gasteiger partial charge is 0.481 e. The number of benzene rings is 3. The number of carboxylic acid groups (broad SMARTS) is 1. The molecule has 7 N–H and O–H groups in total. The van der Waals surface area contributed by atoms with Gasteiger partial charge in [-0.25, -0.2) is 8.42 Å². The zero-order chi connectivity index (χ0) is 31.0. The van der Waals surface area contributed by atoms with E-state index in [4.69, 9.17) is 16.2 Å². The molecule has 1 saturated heterocycles. The minimum absolute atomic E-state index is 0.0152. The molecule has 228 valence electrons. The Bertz CT molecular complexity index is 1590. The summed E-state index contributed by atoms with van der Waals surface area (Å²) in [6, 6.07) is 17.6. The number of fused-ring (bicyclic) bond motifs is 1. The molecule has 1 unspecified atom stereocenters. The minimum Gasteiger partial charge on any atom is -0.481 e. The molecule has 1 fully saturated rings. The molecule has 1 heterocycles. The number of hydrogen-bond donors (Lipinski definition) is 6. The van der Waals surface area contributed by atoms with Crippen LogP contribution in [0.1, 0.15) is 31.2 Å². The first kappa shape index (κ1) is 31.4. The van der Waals surface area contributed by atoms with Gasteiger partial charge in [0, 0.05) is 31.7 Å². The fourth-order valence-corrected chi connectivity index (χ4v) is 6.23. The predicted molar refractivity (Wildman–Crippen MR) is 163 cm³/mol. The first-order chi connectivity index (χ1) is 20.5. The van der Waals surface area contributed by atoms with Gasteiger partial charge in [0.1, 0.15) is 6.04 Å². The molecule has 1 aliphatic rings. The topological polar surface area (TPSA) is 195 Å². The third-order valence-electron chi connectivity index (χ3n) is 7.31. The van der Waals surface area contributed by atoms with Crippen LogP contribution in [0.15, 0.2) is 71.6 Å². The van der Waals surface area contributed by atoms with Crippen molar-refractivity contribution in [2.75, 3.05) is 25.0 Å². The summed E-state index contributed by atoms with van der Waals surface area (Å²) in [5.41, 5.74) is 6.73. The Morgan fingerprint density at radius 2 is 1.74 bits per heavy atom. The highest BCUT2D eigenvalue weighted by Crippen LogP contribution is 2.20. The molecular formula is C30H36N6O6S. The van der Waals surface area contributed by atoms with Gasteiger partial charge in [0.05, 0.1) is 11.3 Å². The summed E-state index contributed by atoms with van der Waals surface area (Å²) in [4.78, 5) is 37.9. The van der Waals surface area contributed by atoms with E-state index in [2.05, 4.69) is 15.4 Å². The lowest BCUT2D eigenvalue weighted by atomic mass is 9.98. The second-order valence-electron chi connectivity index (χ2n) is 10.6. The second-order valence-corrected chi connectivity index (χ2v) is 12.3. The van der Waals surface area contributed by atoms with E-state index in [0.717, 1.165) is 23.6 Å². The second kappa shape index (κ2) is 14.1. The summed E-state index contributed by atoms with van der Waals surface area (Å²) in [6.07, 6.45) is 1.26. The van der Waals surface area contributed by atoms with E-state index < -0.39 is 33.8 Å². The SMILES string of the molecule is N=C(N)N1CCCC(CNC(=O)[C@@H](Cc2ccc(NC(=O)CCC(=O)O)cc2)NS(=O)(=O)c2ccc3ccccc3c2)C1. The molecule has 0 aliphatic carbocycles. The van der Waals surface area contributed by atoms with Gasteiger partial charge in [-0.2, -0.15) is 4.72 Å². The highest BCUT2D eigenvalue weighted by molar-refractivity contribution is 7.89. The van der Waals surface area contributed by atoms with Crippen molar-refractivity contribution in [1.29, 1.82) is 5.41 Å². The van der Waals surface area contributed by atoms with Crippen LogP contribution in [0.3, 0.4) is 0 Å². The van der Waals surface area contributed by atoms with Crippen LogP contribution in [0.4, 0.5) is 5.69 Å². The van der Waals surface area contributed by atoms with E-state index >= 15 is 0 Å². The lowest BCUT2D eigenvalue weighted by Crippen LogP contribution is -2.51. The number of nitrogens with two attached hydrogens (primary N) is 1. The van der Waals surface area contributed by atoms with Gasteiger partial charge in [0.2, 0.25) is 21.8 Å². The highest BCUT2D eigenvalue weighted by atomic mass is 32.2. The van der Waals surface area contributed by atoms with Crippen molar-refractivity contribution in [3.8, 4) is 0 Å². The number of sulfonamides is 1. The summed E-state index contributed by atoms with van der Waals surface area (Å²) in [5, 5.41) is 23.6. The van der Waals surface area contributed by atoms with E-state index in [9.17, 15) is 22.8 Å². The maximum Gasteiger partial charge on any atom is 0.303 e. The number of carboxylic acids is 1. The number of rotatable bonds is 12. The van der Waals surface area contributed by atoms with Gasteiger partial charge in [-0.1, -0.05) is 42.5 Å². The van der Waals surface area contributed by atoms with Crippen molar-refractivity contribution >= 4 is 50.2 Å². The van der Waals surface area contributed by atoms with Crippen LogP contribution in [0, 0.1) is 11.3 Å².